The molecule has 0 radical (unpaired) electrons. The van der Waals surface area contributed by atoms with Crippen LogP contribution in [-0.2, 0) is 17.8 Å². The number of amides is 1. The summed E-state index contributed by atoms with van der Waals surface area (Å²) in [6.07, 6.45) is 3.20. The van der Waals surface area contributed by atoms with E-state index in [1.807, 2.05) is 37.1 Å². The van der Waals surface area contributed by atoms with Crippen LogP contribution in [-0.4, -0.2) is 65.2 Å². The normalized spacial score (nSPS) is 14.8. The molecule has 3 rings (SSSR count). The lowest BCUT2D eigenvalue weighted by Crippen LogP contribution is -2.48. The van der Waals surface area contributed by atoms with Crippen LogP contribution in [0.2, 0.25) is 0 Å². The number of ether oxygens (including phenoxy) is 1. The highest BCUT2D eigenvalue weighted by molar-refractivity contribution is 7.98. The molecule has 6 nitrogen and oxygen atoms in total. The molecule has 1 aromatic heterocycles. The van der Waals surface area contributed by atoms with Crippen LogP contribution in [0.25, 0.3) is 0 Å². The number of aromatic nitrogens is 2. The molecule has 1 amide bonds. The topological polar surface area (TPSA) is 58.6 Å². The lowest BCUT2D eigenvalue weighted by atomic mass is 10.1. The third-order valence-corrected chi connectivity index (χ3v) is 6.01. The van der Waals surface area contributed by atoms with Crippen molar-refractivity contribution in [3.8, 4) is 5.75 Å². The zero-order chi connectivity index (χ0) is 20.8. The minimum absolute atomic E-state index is 0.224. The highest BCUT2D eigenvalue weighted by atomic mass is 32.2. The van der Waals surface area contributed by atoms with Gasteiger partial charge in [0.05, 0.1) is 7.11 Å². The largest absolute Gasteiger partial charge is 0.497 e. The molecule has 0 bridgehead atoms. The van der Waals surface area contributed by atoms with Crippen LogP contribution in [0.3, 0.4) is 0 Å². The molecule has 1 saturated heterocycles. The van der Waals surface area contributed by atoms with Gasteiger partial charge in [-0.1, -0.05) is 23.9 Å². The molecule has 2 heterocycles. The van der Waals surface area contributed by atoms with Gasteiger partial charge in [-0.25, -0.2) is 9.97 Å². The van der Waals surface area contributed by atoms with Gasteiger partial charge in [0.2, 0.25) is 5.91 Å². The highest BCUT2D eigenvalue weighted by Crippen LogP contribution is 2.18. The molecule has 156 valence electrons. The first kappa shape index (κ1) is 21.6. The number of carbonyl (C=O) groups is 1. The number of nitrogens with zero attached hydrogens (tertiary/aromatic N) is 4. The molecule has 0 saturated carbocycles. The van der Waals surface area contributed by atoms with E-state index in [0.717, 1.165) is 60.6 Å². The maximum absolute atomic E-state index is 12.7. The monoisotopic (exact) mass is 414 g/mol. The van der Waals surface area contributed by atoms with Gasteiger partial charge in [0.15, 0.2) is 5.16 Å². The molecule has 0 N–H and O–H groups in total. The third kappa shape index (κ3) is 5.70. The summed E-state index contributed by atoms with van der Waals surface area (Å²) in [5.74, 6) is 1.10. The number of aryl methyl sites for hydroxylation is 2. The quantitative estimate of drug-likeness (QED) is 0.513. The molecular formula is C22H30N4O2S. The number of benzene rings is 1. The van der Waals surface area contributed by atoms with Gasteiger partial charge in [0.25, 0.3) is 0 Å². The van der Waals surface area contributed by atoms with E-state index in [-0.39, 0.29) is 5.91 Å². The van der Waals surface area contributed by atoms with Crippen molar-refractivity contribution >= 4 is 17.7 Å². The summed E-state index contributed by atoms with van der Waals surface area (Å²) in [7, 11) is 1.68. The minimum atomic E-state index is 0.224. The van der Waals surface area contributed by atoms with Crippen LogP contribution in [0.15, 0.2) is 29.4 Å². The smallest absolute Gasteiger partial charge is 0.222 e. The molecule has 1 aromatic carbocycles. The van der Waals surface area contributed by atoms with Crippen molar-refractivity contribution in [2.24, 2.45) is 0 Å². The SMILES string of the molecule is COc1ccc(CN2CCN(C(=O)CCc3c(C)nc(SC)nc3C)CC2)cc1. The van der Waals surface area contributed by atoms with Crippen molar-refractivity contribution in [2.45, 2.75) is 38.4 Å². The number of rotatable bonds is 7. The average Bonchev–Trinajstić information content (AvgIpc) is 2.74. The van der Waals surface area contributed by atoms with E-state index in [4.69, 9.17) is 4.74 Å². The first-order valence-electron chi connectivity index (χ1n) is 10.0. The summed E-state index contributed by atoms with van der Waals surface area (Å²) in [6, 6.07) is 8.19. The predicted molar refractivity (Wildman–Crippen MR) is 116 cm³/mol. The van der Waals surface area contributed by atoms with Crippen molar-refractivity contribution in [2.75, 3.05) is 39.5 Å². The Balaban J connectivity index is 1.47. The maximum Gasteiger partial charge on any atom is 0.222 e. The van der Waals surface area contributed by atoms with Crippen molar-refractivity contribution in [3.63, 3.8) is 0 Å². The summed E-state index contributed by atoms with van der Waals surface area (Å²) < 4.78 is 5.21. The summed E-state index contributed by atoms with van der Waals surface area (Å²) in [5.41, 5.74) is 4.34. The Kier molecular flexibility index (Phi) is 7.50. The molecule has 2 aromatic rings. The fourth-order valence-electron chi connectivity index (χ4n) is 3.70. The third-order valence-electron chi connectivity index (χ3n) is 5.46. The van der Waals surface area contributed by atoms with Crippen molar-refractivity contribution in [1.82, 2.24) is 19.8 Å². The number of hydrogen-bond donors (Lipinski definition) is 0. The Morgan fingerprint density at radius 2 is 1.69 bits per heavy atom. The first-order valence-corrected chi connectivity index (χ1v) is 11.2. The van der Waals surface area contributed by atoms with E-state index in [1.165, 1.54) is 5.56 Å². The Hall–Kier alpha value is -2.12. The van der Waals surface area contributed by atoms with Gasteiger partial charge in [-0.15, -0.1) is 0 Å². The van der Waals surface area contributed by atoms with Crippen molar-refractivity contribution < 1.29 is 9.53 Å². The van der Waals surface area contributed by atoms with Gasteiger partial charge in [0.1, 0.15) is 5.75 Å². The number of hydrogen-bond acceptors (Lipinski definition) is 6. The fraction of sp³-hybridized carbons (Fsp3) is 0.500. The maximum atomic E-state index is 12.7. The van der Waals surface area contributed by atoms with Gasteiger partial charge in [-0.3, -0.25) is 9.69 Å². The van der Waals surface area contributed by atoms with Crippen molar-refractivity contribution in [1.29, 1.82) is 0 Å². The molecule has 7 heteroatoms. The molecule has 0 unspecified atom stereocenters. The number of methoxy groups -OCH3 is 1. The summed E-state index contributed by atoms with van der Waals surface area (Å²) in [5, 5.41) is 0.794. The number of piperazine rings is 1. The Morgan fingerprint density at radius 1 is 1.07 bits per heavy atom. The number of carbonyl (C=O) groups excluding carboxylic acids is 1. The van der Waals surface area contributed by atoms with Crippen LogP contribution in [0, 0.1) is 13.8 Å². The van der Waals surface area contributed by atoms with E-state index in [2.05, 4.69) is 27.0 Å². The second-order valence-corrected chi connectivity index (χ2v) is 8.14. The lowest BCUT2D eigenvalue weighted by molar-refractivity contribution is -0.133. The van der Waals surface area contributed by atoms with Crippen LogP contribution >= 0.6 is 11.8 Å². The molecular weight excluding hydrogens is 384 g/mol. The van der Waals surface area contributed by atoms with E-state index < -0.39 is 0 Å². The molecule has 1 aliphatic rings. The Morgan fingerprint density at radius 3 is 2.24 bits per heavy atom. The molecule has 0 aliphatic carbocycles. The lowest BCUT2D eigenvalue weighted by Gasteiger charge is -2.35. The fourth-order valence-corrected chi connectivity index (χ4v) is 4.15. The van der Waals surface area contributed by atoms with Crippen LogP contribution < -0.4 is 4.74 Å². The highest BCUT2D eigenvalue weighted by Gasteiger charge is 2.21. The standard InChI is InChI=1S/C22H30N4O2S/c1-16-20(17(2)24-22(23-16)29-4)9-10-21(27)26-13-11-25(12-14-26)15-18-5-7-19(28-3)8-6-18/h5-8H,9-15H2,1-4H3. The Labute approximate surface area is 177 Å². The zero-order valence-electron chi connectivity index (χ0n) is 17.8. The second-order valence-electron chi connectivity index (χ2n) is 7.36. The van der Waals surface area contributed by atoms with E-state index >= 15 is 0 Å². The van der Waals surface area contributed by atoms with Crippen LogP contribution in [0.1, 0.15) is 28.9 Å². The first-order chi connectivity index (χ1) is 14.0. The number of thioether (sulfide) groups is 1. The predicted octanol–water partition coefficient (Wildman–Crippen LogP) is 3.10. The zero-order valence-corrected chi connectivity index (χ0v) is 18.6. The van der Waals surface area contributed by atoms with Gasteiger partial charge in [-0.2, -0.15) is 0 Å². The molecule has 29 heavy (non-hydrogen) atoms. The average molecular weight is 415 g/mol. The van der Waals surface area contributed by atoms with Gasteiger partial charge < -0.3 is 9.64 Å². The second kappa shape index (κ2) is 10.1. The Bertz CT molecular complexity index is 810. The van der Waals surface area contributed by atoms with Gasteiger partial charge >= 0.3 is 0 Å². The summed E-state index contributed by atoms with van der Waals surface area (Å²) in [6.45, 7) is 8.30. The van der Waals surface area contributed by atoms with E-state index in [0.29, 0.717) is 12.8 Å². The summed E-state index contributed by atoms with van der Waals surface area (Å²) in [4.78, 5) is 26.1. The minimum Gasteiger partial charge on any atom is -0.497 e. The molecule has 1 aliphatic heterocycles. The molecule has 0 atom stereocenters. The molecule has 0 spiro atoms. The van der Waals surface area contributed by atoms with Crippen molar-refractivity contribution in [3.05, 3.63) is 46.8 Å². The van der Waals surface area contributed by atoms with E-state index in [9.17, 15) is 4.79 Å². The summed E-state index contributed by atoms with van der Waals surface area (Å²) >= 11 is 1.55. The molecule has 1 fully saturated rings. The van der Waals surface area contributed by atoms with Gasteiger partial charge in [0, 0.05) is 50.5 Å². The van der Waals surface area contributed by atoms with Crippen LogP contribution in [0.5, 0.6) is 5.75 Å². The van der Waals surface area contributed by atoms with E-state index in [1.54, 1.807) is 18.9 Å². The van der Waals surface area contributed by atoms with Crippen LogP contribution in [0.4, 0.5) is 0 Å². The van der Waals surface area contributed by atoms with Gasteiger partial charge in [-0.05, 0) is 49.8 Å².